The Morgan fingerprint density at radius 1 is 0.191 bits per heavy atom. The highest BCUT2D eigenvalue weighted by Crippen LogP contribution is 2.47. The molecule has 0 heterocycles. The van der Waals surface area contributed by atoms with Gasteiger partial charge in [0.05, 0.1) is 13.2 Å². The number of fused-ring (bicyclic) bond motifs is 22. The Balaban J connectivity index is 0.733. The van der Waals surface area contributed by atoms with E-state index in [0.717, 1.165) is 24.7 Å². The maximum Gasteiger partial charge on any atom is 0.119 e. The molecule has 0 spiro atoms. The fraction of sp³-hybridized carbons (Fsp3) is 0.500. The predicted octanol–water partition coefficient (Wildman–Crippen LogP) is 35.0. The van der Waals surface area contributed by atoms with E-state index in [4.69, 9.17) is 9.47 Å². The summed E-state index contributed by atoms with van der Waals surface area (Å²) in [5.74, 6) is 3.27. The van der Waals surface area contributed by atoms with Crippen LogP contribution in [0.2, 0.25) is 0 Å². The van der Waals surface area contributed by atoms with Gasteiger partial charge in [-0.25, -0.2) is 0 Å². The first-order valence-electron chi connectivity index (χ1n) is 45.5. The van der Waals surface area contributed by atoms with Gasteiger partial charge in [-0.2, -0.15) is 0 Å². The Hall–Kier alpha value is -7.42. The lowest BCUT2D eigenvalue weighted by Gasteiger charge is -2.19. The molecule has 0 aromatic heterocycles. The summed E-state index contributed by atoms with van der Waals surface area (Å²) in [6.45, 7) is 25.0. The first-order chi connectivity index (χ1) is 54.0. The number of hydrogen-bond donors (Lipinski definition) is 0. The van der Waals surface area contributed by atoms with Crippen LogP contribution in [0.4, 0.5) is 0 Å². The molecule has 0 aliphatic rings. The number of ether oxygens (including phenoxy) is 2. The highest BCUT2D eigenvalue weighted by molar-refractivity contribution is 6.32. The monoisotopic (exact) mass is 1470 g/mol. The van der Waals surface area contributed by atoms with Crippen LogP contribution in [0, 0.1) is 53.4 Å². The van der Waals surface area contributed by atoms with E-state index in [1.165, 1.54) is 419 Å². The molecule has 110 heavy (non-hydrogen) atoms. The van der Waals surface area contributed by atoms with E-state index in [-0.39, 0.29) is 0 Å². The molecule has 0 amide bonds. The number of hydrogen-bond acceptors (Lipinski definition) is 2. The van der Waals surface area contributed by atoms with Crippen LogP contribution in [0.15, 0.2) is 133 Å². The first kappa shape index (κ1) is 80.6. The summed E-state index contributed by atoms with van der Waals surface area (Å²) in [5.41, 5.74) is 7.98. The first-order valence-corrected chi connectivity index (χ1v) is 45.5. The molecule has 0 bridgehead atoms. The topological polar surface area (TPSA) is 18.5 Å². The average molecular weight is 1470 g/mol. The lowest BCUT2D eigenvalue weighted by molar-refractivity contribution is 0.224. The van der Waals surface area contributed by atoms with Crippen LogP contribution in [0.3, 0.4) is 0 Å². The molecule has 0 radical (unpaired) electrons. The quantitative estimate of drug-likeness (QED) is 0.0215. The van der Waals surface area contributed by atoms with Crippen molar-refractivity contribution >= 4 is 129 Å². The summed E-state index contributed by atoms with van der Waals surface area (Å²) in [5, 5.41) is 32.0. The van der Waals surface area contributed by atoms with Crippen molar-refractivity contribution in [2.75, 3.05) is 13.2 Å². The zero-order chi connectivity index (χ0) is 76.3. The summed E-state index contributed by atoms with van der Waals surface area (Å²) in [6.07, 6.45) is 54.9. The molecular formula is C108H138O2. The van der Waals surface area contributed by atoms with E-state index in [1.807, 2.05) is 0 Å². The molecule has 0 N–H and O–H groups in total. The molecule has 2 unspecified atom stereocenters. The van der Waals surface area contributed by atoms with Gasteiger partial charge < -0.3 is 9.47 Å². The second-order valence-corrected chi connectivity index (χ2v) is 35.0. The van der Waals surface area contributed by atoms with E-state index < -0.39 is 0 Å². The molecule has 2 atom stereocenters. The van der Waals surface area contributed by atoms with Crippen molar-refractivity contribution in [3.05, 3.63) is 167 Å². The van der Waals surface area contributed by atoms with E-state index in [1.54, 1.807) is 0 Å². The van der Waals surface area contributed by atoms with Gasteiger partial charge in [0.1, 0.15) is 11.5 Å². The van der Waals surface area contributed by atoms with Crippen molar-refractivity contribution in [1.29, 1.82) is 0 Å². The lowest BCUT2D eigenvalue weighted by Crippen LogP contribution is -2.12. The van der Waals surface area contributed by atoms with Crippen LogP contribution in [0.1, 0.15) is 318 Å². The van der Waals surface area contributed by atoms with Crippen molar-refractivity contribution in [1.82, 2.24) is 0 Å². The third-order valence-electron chi connectivity index (χ3n) is 26.3. The maximum absolute atomic E-state index is 6.83. The zero-order valence-corrected chi connectivity index (χ0v) is 70.4. The summed E-state index contributed by atoms with van der Waals surface area (Å²) in [4.78, 5) is 0. The predicted molar refractivity (Wildman–Crippen MR) is 490 cm³/mol. The molecular weight excluding hydrogens is 1330 g/mol. The Bertz CT molecular complexity index is 4930. The molecule has 2 nitrogen and oxygen atoms in total. The summed E-state index contributed by atoms with van der Waals surface area (Å²) >= 11 is 0. The van der Waals surface area contributed by atoms with Crippen molar-refractivity contribution in [3.8, 4) is 11.5 Å². The minimum atomic E-state index is 0.620. The third-order valence-corrected chi connectivity index (χ3v) is 26.3. The Labute approximate surface area is 664 Å². The van der Waals surface area contributed by atoms with E-state index in [0.29, 0.717) is 11.8 Å². The van der Waals surface area contributed by atoms with E-state index in [9.17, 15) is 0 Å². The van der Waals surface area contributed by atoms with Gasteiger partial charge in [-0.15, -0.1) is 0 Å². The molecule has 582 valence electrons. The molecule has 0 saturated heterocycles. The molecule has 0 aliphatic heterocycles. The summed E-state index contributed by atoms with van der Waals surface area (Å²) in [6, 6.07) is 53.2. The highest BCUT2D eigenvalue weighted by Gasteiger charge is 2.22. The minimum Gasteiger partial charge on any atom is -0.493 e. The largest absolute Gasteiger partial charge is 0.493 e. The Morgan fingerprint density at radius 3 is 0.700 bits per heavy atom. The molecule has 0 aliphatic carbocycles. The van der Waals surface area contributed by atoms with Crippen molar-refractivity contribution in [2.24, 2.45) is 11.8 Å². The van der Waals surface area contributed by atoms with E-state index >= 15 is 0 Å². The minimum absolute atomic E-state index is 0.620. The van der Waals surface area contributed by atoms with E-state index in [2.05, 4.69) is 203 Å². The SMILES string of the molecule is CCCCCCCCCCCCC(CCCCCCCCCC)COc1ccc2c(c1)cc(C)c1c2ccc2c3ccc4c5cc6cc(C)c7c(ccc8c7cc(C)c7c8ccc8c9ccc(OCC(CCCCCCCCCC)CCCCCCCCCCCC)cc9cc(C)c87)c6cc5cc(C)c4c3cc(C)c21. The van der Waals surface area contributed by atoms with Gasteiger partial charge in [0.15, 0.2) is 0 Å². The smallest absolute Gasteiger partial charge is 0.119 e. The van der Waals surface area contributed by atoms with Gasteiger partial charge in [-0.1, -0.05) is 356 Å². The summed E-state index contributed by atoms with van der Waals surface area (Å²) < 4.78 is 13.7. The molecule has 13 aromatic carbocycles. The van der Waals surface area contributed by atoms with Crippen molar-refractivity contribution in [3.63, 3.8) is 0 Å². The van der Waals surface area contributed by atoms with Gasteiger partial charge >= 0.3 is 0 Å². The fourth-order valence-electron chi connectivity index (χ4n) is 20.2. The van der Waals surface area contributed by atoms with Crippen LogP contribution < -0.4 is 9.47 Å². The maximum atomic E-state index is 6.83. The standard InChI is InChI=1S/C108H138O2/c1-11-15-19-23-27-31-33-37-41-45-49-81(47-43-39-35-29-25-21-17-13-3)73-109-87-51-53-89-83(69-87)65-77(7)105-93(89)59-61-95-91-55-57-97-99-71-86-64-76(6)104-98(100(86)72-85(99)63-75(5)103(97)101(91)67-79(9)107(95)105)58-56-92-96-62-60-94-90-54-52-88(70-84(90)66-78(8)106(94)108(96)80(10)68-102(92)104)110-74-82(48-44-40-36-30-26-22-18-14-4)50-46-42-38-34-32-28-24-20-16-12-2/h51-72,81-82H,11-50,73-74H2,1-10H3. The molecule has 0 fully saturated rings. The van der Waals surface area contributed by atoms with Crippen LogP contribution in [0.5, 0.6) is 11.5 Å². The van der Waals surface area contributed by atoms with Crippen LogP contribution in [0.25, 0.3) is 129 Å². The summed E-state index contributed by atoms with van der Waals surface area (Å²) in [7, 11) is 0. The van der Waals surface area contributed by atoms with Gasteiger partial charge in [0.25, 0.3) is 0 Å². The van der Waals surface area contributed by atoms with Crippen LogP contribution in [-0.4, -0.2) is 13.2 Å². The Kier molecular flexibility index (Phi) is 29.2. The van der Waals surface area contributed by atoms with Crippen molar-refractivity contribution < 1.29 is 9.47 Å². The van der Waals surface area contributed by atoms with Crippen molar-refractivity contribution in [2.45, 2.75) is 326 Å². The lowest BCUT2D eigenvalue weighted by atomic mass is 9.85. The molecule has 13 rings (SSSR count). The van der Waals surface area contributed by atoms with Gasteiger partial charge in [0, 0.05) is 0 Å². The fourth-order valence-corrected chi connectivity index (χ4v) is 20.2. The highest BCUT2D eigenvalue weighted by atomic mass is 16.5. The average Bonchev–Trinajstić information content (AvgIpc) is 0.713. The normalized spacial score (nSPS) is 12.8. The number of aryl methyl sites for hydroxylation is 6. The number of benzene rings is 13. The zero-order valence-electron chi connectivity index (χ0n) is 70.4. The number of unbranched alkanes of at least 4 members (excludes halogenated alkanes) is 32. The number of rotatable bonds is 46. The van der Waals surface area contributed by atoms with Gasteiger partial charge in [-0.3, -0.25) is 0 Å². The molecule has 2 heteroatoms. The van der Waals surface area contributed by atoms with Gasteiger partial charge in [0.2, 0.25) is 0 Å². The Morgan fingerprint density at radius 2 is 0.409 bits per heavy atom. The second kappa shape index (κ2) is 39.9. The second-order valence-electron chi connectivity index (χ2n) is 35.0. The van der Waals surface area contributed by atoms with Crippen LogP contribution in [-0.2, 0) is 0 Å². The van der Waals surface area contributed by atoms with Crippen LogP contribution >= 0.6 is 0 Å². The third kappa shape index (κ3) is 19.1. The molecule has 0 saturated carbocycles. The van der Waals surface area contributed by atoms with Gasteiger partial charge in [-0.05, 0) is 278 Å². The molecule has 13 aromatic rings.